The molecule has 1 unspecified atom stereocenters. The van der Waals surface area contributed by atoms with Gasteiger partial charge in [0, 0.05) is 19.5 Å². The van der Waals surface area contributed by atoms with E-state index in [9.17, 15) is 9.59 Å². The van der Waals surface area contributed by atoms with Crippen molar-refractivity contribution in [2.75, 3.05) is 41.3 Å². The van der Waals surface area contributed by atoms with Crippen LogP contribution in [-0.2, 0) is 14.3 Å². The van der Waals surface area contributed by atoms with Gasteiger partial charge in [-0.05, 0) is 37.9 Å². The van der Waals surface area contributed by atoms with Crippen LogP contribution in [0.4, 0.5) is 5.69 Å². The maximum absolute atomic E-state index is 13.9. The number of esters is 1. The maximum Gasteiger partial charge on any atom is 0.361 e. The highest BCUT2D eigenvalue weighted by molar-refractivity contribution is 7.99. The molecule has 0 bridgehead atoms. The third kappa shape index (κ3) is 4.53. The van der Waals surface area contributed by atoms with Gasteiger partial charge in [0.25, 0.3) is 0 Å². The van der Waals surface area contributed by atoms with Crippen molar-refractivity contribution >= 4 is 29.3 Å². The zero-order valence-corrected chi connectivity index (χ0v) is 18.9. The Labute approximate surface area is 182 Å². The molecule has 1 aliphatic heterocycles. The monoisotopic (exact) mass is 429 g/mol. The molecule has 0 aromatic heterocycles. The number of benzene rings is 2. The fourth-order valence-corrected chi connectivity index (χ4v) is 5.06. The summed E-state index contributed by atoms with van der Waals surface area (Å²) in [5.74, 6) is 0.155. The minimum atomic E-state index is -0.902. The van der Waals surface area contributed by atoms with Crippen molar-refractivity contribution in [2.45, 2.75) is 23.2 Å². The number of hydrogen-bond acceptors (Lipinski definition) is 6. The predicted molar refractivity (Wildman–Crippen MR) is 120 cm³/mol. The number of fused-ring (bicyclic) bond motifs is 1. The minimum Gasteiger partial charge on any atom is -0.497 e. The van der Waals surface area contributed by atoms with E-state index in [4.69, 9.17) is 9.47 Å². The second-order valence-electron chi connectivity index (χ2n) is 7.87. The number of methoxy groups -OCH3 is 1. The summed E-state index contributed by atoms with van der Waals surface area (Å²) < 4.78 is 11.0. The van der Waals surface area contributed by atoms with Crippen LogP contribution in [-0.4, -0.2) is 64.2 Å². The van der Waals surface area contributed by atoms with Crippen LogP contribution < -0.4 is 9.22 Å². The lowest BCUT2D eigenvalue weighted by Gasteiger charge is -2.34. The Morgan fingerprint density at radius 1 is 1.13 bits per heavy atom. The van der Waals surface area contributed by atoms with Gasteiger partial charge in [0.2, 0.25) is 6.10 Å². The van der Waals surface area contributed by atoms with Gasteiger partial charge in [-0.15, -0.1) is 11.8 Å². The van der Waals surface area contributed by atoms with E-state index < -0.39 is 12.1 Å². The maximum atomic E-state index is 13.9. The molecule has 2 aromatic rings. The largest absolute Gasteiger partial charge is 0.497 e. The van der Waals surface area contributed by atoms with Gasteiger partial charge in [0.1, 0.15) is 12.3 Å². The average Bonchev–Trinajstić information content (AvgIpc) is 2.82. The van der Waals surface area contributed by atoms with E-state index in [1.807, 2.05) is 69.7 Å². The first-order valence-corrected chi connectivity index (χ1v) is 10.8. The molecule has 30 heavy (non-hydrogen) atoms. The first kappa shape index (κ1) is 22.3. The third-order valence-corrected chi connectivity index (χ3v) is 6.76. The van der Waals surface area contributed by atoms with E-state index in [2.05, 4.69) is 4.90 Å². The molecule has 1 amide bonds. The highest BCUT2D eigenvalue weighted by Crippen LogP contribution is 2.48. The lowest BCUT2D eigenvalue weighted by Crippen LogP contribution is -2.58. The van der Waals surface area contributed by atoms with Crippen LogP contribution in [0.3, 0.4) is 0 Å². The van der Waals surface area contributed by atoms with Crippen molar-refractivity contribution in [3.05, 3.63) is 54.1 Å². The topological polar surface area (TPSA) is 55.8 Å². The first-order chi connectivity index (χ1) is 14.3. The molecule has 3 atom stereocenters. The average molecular weight is 430 g/mol. The molecule has 0 spiro atoms. The van der Waals surface area contributed by atoms with Gasteiger partial charge in [0.05, 0.1) is 24.3 Å². The Bertz CT molecular complexity index is 916. The standard InChI is InChI=1S/C23H29N2O4S/c1-16(26)29-21-22(17-10-12-18(28-5)13-11-17)30-20-9-7-6-8-19(20)25(4,23(21)27)15-14-24(2)3/h6-13,21-22H,14-15H2,1-5H3/q+1/t21-,22+,25?/m1/s1. The molecule has 1 aliphatic rings. The summed E-state index contributed by atoms with van der Waals surface area (Å²) in [7, 11) is 7.50. The summed E-state index contributed by atoms with van der Waals surface area (Å²) in [4.78, 5) is 29.0. The van der Waals surface area contributed by atoms with Crippen LogP contribution in [0, 0.1) is 0 Å². The van der Waals surface area contributed by atoms with Crippen molar-refractivity contribution in [1.82, 2.24) is 9.38 Å². The molecule has 2 aromatic carbocycles. The van der Waals surface area contributed by atoms with Crippen LogP contribution in [0.25, 0.3) is 0 Å². The fourth-order valence-electron chi connectivity index (χ4n) is 3.65. The van der Waals surface area contributed by atoms with Crippen molar-refractivity contribution in [2.24, 2.45) is 0 Å². The van der Waals surface area contributed by atoms with Gasteiger partial charge in [-0.3, -0.25) is 4.79 Å². The normalized spacial score (nSPS) is 23.6. The number of thioether (sulfide) groups is 1. The molecule has 1 heterocycles. The number of likely N-dealkylation sites (N-methyl/N-ethyl adjacent to an activating group) is 2. The number of quaternary nitrogens is 1. The smallest absolute Gasteiger partial charge is 0.361 e. The molecule has 160 valence electrons. The van der Waals surface area contributed by atoms with E-state index in [1.165, 1.54) is 6.92 Å². The Morgan fingerprint density at radius 3 is 2.40 bits per heavy atom. The number of para-hydroxylation sites is 1. The number of rotatable bonds is 6. The van der Waals surface area contributed by atoms with Gasteiger partial charge < -0.3 is 14.4 Å². The van der Waals surface area contributed by atoms with Crippen molar-refractivity contribution in [1.29, 1.82) is 0 Å². The summed E-state index contributed by atoms with van der Waals surface area (Å²) in [6.07, 6.45) is -0.902. The number of carbonyl (C=O) groups excluding carboxylic acids is 2. The van der Waals surface area contributed by atoms with E-state index in [1.54, 1.807) is 18.9 Å². The van der Waals surface area contributed by atoms with E-state index in [0.717, 1.165) is 28.4 Å². The summed E-state index contributed by atoms with van der Waals surface area (Å²) in [5.41, 5.74) is 1.85. The predicted octanol–water partition coefficient (Wildman–Crippen LogP) is 3.50. The summed E-state index contributed by atoms with van der Waals surface area (Å²) in [6, 6.07) is 15.5. The molecule has 0 fully saturated rings. The zero-order valence-electron chi connectivity index (χ0n) is 18.1. The molecule has 0 saturated heterocycles. The van der Waals surface area contributed by atoms with Crippen LogP contribution in [0.2, 0.25) is 0 Å². The van der Waals surface area contributed by atoms with Crippen molar-refractivity contribution in [3.63, 3.8) is 0 Å². The van der Waals surface area contributed by atoms with Gasteiger partial charge >= 0.3 is 11.9 Å². The van der Waals surface area contributed by atoms with Crippen LogP contribution >= 0.6 is 11.8 Å². The van der Waals surface area contributed by atoms with Crippen LogP contribution in [0.1, 0.15) is 17.7 Å². The second-order valence-corrected chi connectivity index (χ2v) is 9.05. The zero-order chi connectivity index (χ0) is 21.9. The molecular weight excluding hydrogens is 400 g/mol. The third-order valence-electron chi connectivity index (χ3n) is 5.39. The number of nitrogens with zero attached hydrogens (tertiary/aromatic N) is 2. The molecule has 6 nitrogen and oxygen atoms in total. The Kier molecular flexibility index (Phi) is 6.85. The summed E-state index contributed by atoms with van der Waals surface area (Å²) in [5, 5.41) is -0.354. The first-order valence-electron chi connectivity index (χ1n) is 9.88. The van der Waals surface area contributed by atoms with E-state index >= 15 is 0 Å². The lowest BCUT2D eigenvalue weighted by atomic mass is 10.0. The second kappa shape index (κ2) is 9.20. The van der Waals surface area contributed by atoms with Crippen LogP contribution in [0.15, 0.2) is 53.4 Å². The fraction of sp³-hybridized carbons (Fsp3) is 0.391. The molecular formula is C23H29N2O4S+. The minimum absolute atomic E-state index is 0.0754. The Balaban J connectivity index is 2.13. The van der Waals surface area contributed by atoms with Crippen molar-refractivity contribution in [3.8, 4) is 5.75 Å². The molecule has 3 rings (SSSR count). The number of ether oxygens (including phenoxy) is 2. The summed E-state index contributed by atoms with van der Waals surface area (Å²) >= 11 is 1.57. The van der Waals surface area contributed by atoms with Crippen molar-refractivity contribution < 1.29 is 19.1 Å². The molecule has 0 aliphatic carbocycles. The van der Waals surface area contributed by atoms with Gasteiger partial charge in [-0.1, -0.05) is 24.3 Å². The molecule has 0 radical (unpaired) electrons. The molecule has 7 heteroatoms. The highest BCUT2D eigenvalue weighted by Gasteiger charge is 2.50. The van der Waals surface area contributed by atoms with Crippen LogP contribution in [0.5, 0.6) is 5.75 Å². The molecule has 0 N–H and O–H groups in total. The van der Waals surface area contributed by atoms with Gasteiger partial charge in [-0.2, -0.15) is 0 Å². The number of hydrogen-bond donors (Lipinski definition) is 0. The number of carbonyl (C=O) groups is 2. The molecule has 0 saturated carbocycles. The summed E-state index contributed by atoms with van der Waals surface area (Å²) in [6.45, 7) is 2.66. The highest BCUT2D eigenvalue weighted by atomic mass is 32.2. The Morgan fingerprint density at radius 2 is 1.80 bits per heavy atom. The van der Waals surface area contributed by atoms with Gasteiger partial charge in [0.15, 0.2) is 5.69 Å². The quantitative estimate of drug-likeness (QED) is 0.518. The van der Waals surface area contributed by atoms with E-state index in [0.29, 0.717) is 6.54 Å². The Hall–Kier alpha value is -2.35. The lowest BCUT2D eigenvalue weighted by molar-refractivity contribution is -0.157. The number of amides is 1. The SMILES string of the molecule is COc1ccc([C@@H]2Sc3ccccc3[N+](C)(CCN(C)C)C(=O)[C@@H]2OC(C)=O)cc1. The van der Waals surface area contributed by atoms with Gasteiger partial charge in [-0.25, -0.2) is 9.28 Å². The van der Waals surface area contributed by atoms with E-state index in [-0.39, 0.29) is 15.6 Å².